The smallest absolute Gasteiger partial charge is 0.408 e. The average molecular weight is 283 g/mol. The number of ether oxygens (including phenoxy) is 1. The molecule has 0 saturated carbocycles. The molecule has 2 N–H and O–H groups in total. The Morgan fingerprint density at radius 3 is 2.35 bits per heavy atom. The molecule has 112 valence electrons. The van der Waals surface area contributed by atoms with E-state index in [9.17, 15) is 9.59 Å². The Morgan fingerprint density at radius 1 is 1.40 bits per heavy atom. The third-order valence-electron chi connectivity index (χ3n) is 3.17. The number of hydrogen-bond donors (Lipinski definition) is 2. The summed E-state index contributed by atoms with van der Waals surface area (Å²) in [5, 5.41) is 20.6. The van der Waals surface area contributed by atoms with E-state index in [1.807, 2.05) is 0 Å². The van der Waals surface area contributed by atoms with Gasteiger partial charge in [0.1, 0.15) is 5.60 Å². The Bertz CT molecular complexity index is 414. The number of nitriles is 1. The number of carbonyl (C=O) groups excluding carboxylic acids is 1. The molecule has 20 heavy (non-hydrogen) atoms. The second-order valence-corrected chi connectivity index (χ2v) is 6.01. The lowest BCUT2D eigenvalue weighted by molar-refractivity contribution is 0.0394. The Balaban J connectivity index is 2.68. The van der Waals surface area contributed by atoms with Gasteiger partial charge in [0.15, 0.2) is 0 Å². The second-order valence-electron chi connectivity index (χ2n) is 6.01. The number of rotatable bonds is 2. The summed E-state index contributed by atoms with van der Waals surface area (Å²) in [5.74, 6) is 0. The maximum atomic E-state index is 11.8. The summed E-state index contributed by atoms with van der Waals surface area (Å²) in [5.41, 5.74) is -1.32. The normalized spacial score (nSPS) is 18.0. The minimum atomic E-state index is -0.979. The van der Waals surface area contributed by atoms with Gasteiger partial charge in [0.25, 0.3) is 0 Å². The van der Waals surface area contributed by atoms with Crippen molar-refractivity contribution in [3.63, 3.8) is 0 Å². The molecular formula is C13H21N3O4. The highest BCUT2D eigenvalue weighted by Crippen LogP contribution is 2.26. The Morgan fingerprint density at radius 2 is 1.95 bits per heavy atom. The van der Waals surface area contributed by atoms with Crippen LogP contribution in [0.4, 0.5) is 9.59 Å². The number of hydrogen-bond acceptors (Lipinski definition) is 4. The molecule has 1 fully saturated rings. The SMILES string of the molecule is CC(C)(C)OC(=O)NC1(CC#N)CCN(C(=O)O)CC1. The van der Waals surface area contributed by atoms with E-state index in [4.69, 9.17) is 15.1 Å². The van der Waals surface area contributed by atoms with E-state index in [-0.39, 0.29) is 6.42 Å². The predicted octanol–water partition coefficient (Wildman–Crippen LogP) is 1.94. The summed E-state index contributed by atoms with van der Waals surface area (Å²) in [7, 11) is 0. The largest absolute Gasteiger partial charge is 0.465 e. The lowest BCUT2D eigenvalue weighted by Gasteiger charge is -2.40. The van der Waals surface area contributed by atoms with E-state index < -0.39 is 23.3 Å². The molecule has 0 aliphatic carbocycles. The number of carbonyl (C=O) groups is 2. The van der Waals surface area contributed by atoms with Crippen LogP contribution in [0.15, 0.2) is 0 Å². The number of likely N-dealkylation sites (tertiary alicyclic amines) is 1. The van der Waals surface area contributed by atoms with Crippen molar-refractivity contribution >= 4 is 12.2 Å². The molecule has 0 atom stereocenters. The second kappa shape index (κ2) is 5.99. The topological polar surface area (TPSA) is 103 Å². The quantitative estimate of drug-likeness (QED) is 0.806. The van der Waals surface area contributed by atoms with Crippen molar-refractivity contribution in [2.45, 2.75) is 51.2 Å². The first kappa shape index (κ1) is 16.1. The average Bonchev–Trinajstić information content (AvgIpc) is 2.26. The van der Waals surface area contributed by atoms with Crippen molar-refractivity contribution in [2.24, 2.45) is 0 Å². The van der Waals surface area contributed by atoms with E-state index in [1.165, 1.54) is 4.90 Å². The van der Waals surface area contributed by atoms with Gasteiger partial charge >= 0.3 is 12.2 Å². The first-order valence-electron chi connectivity index (χ1n) is 6.53. The molecule has 0 bridgehead atoms. The van der Waals surface area contributed by atoms with E-state index in [0.717, 1.165) is 0 Å². The van der Waals surface area contributed by atoms with E-state index in [0.29, 0.717) is 25.9 Å². The minimum absolute atomic E-state index is 0.139. The van der Waals surface area contributed by atoms with Crippen molar-refractivity contribution < 1.29 is 19.4 Å². The van der Waals surface area contributed by atoms with Crippen molar-refractivity contribution in [2.75, 3.05) is 13.1 Å². The third kappa shape index (κ3) is 4.61. The fourth-order valence-corrected chi connectivity index (χ4v) is 2.14. The molecular weight excluding hydrogens is 262 g/mol. The first-order valence-corrected chi connectivity index (χ1v) is 6.53. The fraction of sp³-hybridized carbons (Fsp3) is 0.769. The van der Waals surface area contributed by atoms with Gasteiger partial charge in [-0.25, -0.2) is 9.59 Å². The van der Waals surface area contributed by atoms with Crippen LogP contribution >= 0.6 is 0 Å². The van der Waals surface area contributed by atoms with Crippen LogP contribution in [0.3, 0.4) is 0 Å². The highest BCUT2D eigenvalue weighted by molar-refractivity contribution is 5.69. The molecule has 1 heterocycles. The van der Waals surface area contributed by atoms with Crippen LogP contribution in [-0.4, -0.2) is 46.4 Å². The standard InChI is InChI=1S/C13H21N3O4/c1-12(2,3)20-10(17)15-13(4-7-14)5-8-16(9-6-13)11(18)19/h4-6,8-9H2,1-3H3,(H,15,17)(H,18,19). The summed E-state index contributed by atoms with van der Waals surface area (Å²) in [6, 6.07) is 2.05. The lowest BCUT2D eigenvalue weighted by atomic mass is 9.85. The molecule has 0 aromatic rings. The molecule has 0 spiro atoms. The molecule has 0 aromatic carbocycles. The molecule has 1 rings (SSSR count). The van der Waals surface area contributed by atoms with Crippen molar-refractivity contribution in [3.8, 4) is 6.07 Å². The van der Waals surface area contributed by atoms with Gasteiger partial charge < -0.3 is 20.1 Å². The van der Waals surface area contributed by atoms with Gasteiger partial charge in [-0.3, -0.25) is 0 Å². The minimum Gasteiger partial charge on any atom is -0.465 e. The Kier molecular flexibility index (Phi) is 4.82. The van der Waals surface area contributed by atoms with Gasteiger partial charge in [0.2, 0.25) is 0 Å². The predicted molar refractivity (Wildman–Crippen MR) is 71.2 cm³/mol. The molecule has 1 aliphatic rings. The van der Waals surface area contributed by atoms with Gasteiger partial charge in [-0.2, -0.15) is 5.26 Å². The zero-order valence-electron chi connectivity index (χ0n) is 12.1. The molecule has 0 aromatic heterocycles. The van der Waals surface area contributed by atoms with Crippen LogP contribution < -0.4 is 5.32 Å². The van der Waals surface area contributed by atoms with Crippen LogP contribution in [0.5, 0.6) is 0 Å². The van der Waals surface area contributed by atoms with Crippen LogP contribution in [0.1, 0.15) is 40.0 Å². The number of alkyl carbamates (subject to hydrolysis) is 1. The first-order chi connectivity index (χ1) is 9.17. The van der Waals surface area contributed by atoms with Gasteiger partial charge in [0.05, 0.1) is 18.0 Å². The Labute approximate surface area is 118 Å². The van der Waals surface area contributed by atoms with Gasteiger partial charge in [-0.15, -0.1) is 0 Å². The van der Waals surface area contributed by atoms with E-state index >= 15 is 0 Å². The number of amides is 2. The van der Waals surface area contributed by atoms with Gasteiger partial charge in [-0.1, -0.05) is 0 Å². The summed E-state index contributed by atoms with van der Waals surface area (Å²) in [6.07, 6.45) is -0.595. The van der Waals surface area contributed by atoms with Crippen molar-refractivity contribution in [3.05, 3.63) is 0 Å². The molecule has 1 aliphatic heterocycles. The monoisotopic (exact) mass is 283 g/mol. The zero-order valence-corrected chi connectivity index (χ0v) is 12.1. The van der Waals surface area contributed by atoms with Crippen LogP contribution in [0, 0.1) is 11.3 Å². The highest BCUT2D eigenvalue weighted by Gasteiger charge is 2.38. The molecule has 2 amide bonds. The number of nitrogens with zero attached hydrogens (tertiary/aromatic N) is 2. The highest BCUT2D eigenvalue weighted by atomic mass is 16.6. The molecule has 7 heteroatoms. The van der Waals surface area contributed by atoms with Crippen LogP contribution in [0.25, 0.3) is 0 Å². The number of carboxylic acid groups (broad SMARTS) is 1. The number of nitrogens with one attached hydrogen (secondary N) is 1. The van der Waals surface area contributed by atoms with Crippen molar-refractivity contribution in [1.82, 2.24) is 10.2 Å². The molecule has 7 nitrogen and oxygen atoms in total. The van der Waals surface area contributed by atoms with Crippen LogP contribution in [-0.2, 0) is 4.74 Å². The molecule has 0 radical (unpaired) electrons. The Hall–Kier alpha value is -1.97. The number of piperidine rings is 1. The van der Waals surface area contributed by atoms with E-state index in [2.05, 4.69) is 11.4 Å². The summed E-state index contributed by atoms with van der Waals surface area (Å²) in [4.78, 5) is 24.0. The summed E-state index contributed by atoms with van der Waals surface area (Å²) >= 11 is 0. The lowest BCUT2D eigenvalue weighted by Crippen LogP contribution is -2.56. The maximum absolute atomic E-state index is 11.8. The summed E-state index contributed by atoms with van der Waals surface area (Å²) in [6.45, 7) is 5.88. The van der Waals surface area contributed by atoms with Crippen LogP contribution in [0.2, 0.25) is 0 Å². The fourth-order valence-electron chi connectivity index (χ4n) is 2.14. The van der Waals surface area contributed by atoms with E-state index in [1.54, 1.807) is 20.8 Å². The molecule has 1 saturated heterocycles. The maximum Gasteiger partial charge on any atom is 0.408 e. The zero-order chi connectivity index (χ0) is 15.4. The summed E-state index contributed by atoms with van der Waals surface area (Å²) < 4.78 is 5.20. The molecule has 0 unspecified atom stereocenters. The van der Waals surface area contributed by atoms with Gasteiger partial charge in [0, 0.05) is 13.1 Å². The van der Waals surface area contributed by atoms with Gasteiger partial charge in [-0.05, 0) is 33.6 Å². The third-order valence-corrected chi connectivity index (χ3v) is 3.17. The van der Waals surface area contributed by atoms with Crippen molar-refractivity contribution in [1.29, 1.82) is 5.26 Å².